The second-order valence-corrected chi connectivity index (χ2v) is 9.94. The van der Waals surface area contributed by atoms with E-state index < -0.39 is 0 Å². The van der Waals surface area contributed by atoms with Crippen molar-refractivity contribution >= 4 is 17.6 Å². The number of methoxy groups -OCH3 is 1. The first kappa shape index (κ1) is 25.0. The maximum Gasteiger partial charge on any atom is 0.259 e. The van der Waals surface area contributed by atoms with Crippen molar-refractivity contribution in [2.45, 2.75) is 43.7 Å². The largest absolute Gasteiger partial charge is 0.464 e. The third-order valence-corrected chi connectivity index (χ3v) is 7.16. The van der Waals surface area contributed by atoms with Gasteiger partial charge in [-0.3, -0.25) is 20.0 Å². The molecule has 32 heavy (non-hydrogen) atoms. The second kappa shape index (κ2) is 12.6. The van der Waals surface area contributed by atoms with Gasteiger partial charge in [-0.05, 0) is 64.5 Å². The summed E-state index contributed by atoms with van der Waals surface area (Å²) in [7, 11) is 5.82. The number of hydrogen-bond donors (Lipinski definition) is 1. The van der Waals surface area contributed by atoms with Crippen LogP contribution in [0, 0.1) is 16.0 Å². The maximum atomic E-state index is 11.1. The molecule has 0 aromatic carbocycles. The molecule has 0 spiro atoms. The van der Waals surface area contributed by atoms with Crippen LogP contribution in [0.3, 0.4) is 0 Å². The van der Waals surface area contributed by atoms with Gasteiger partial charge in [0.15, 0.2) is 5.84 Å². The van der Waals surface area contributed by atoms with Gasteiger partial charge < -0.3 is 19.4 Å². The number of ether oxygens (including phenoxy) is 1. The van der Waals surface area contributed by atoms with Gasteiger partial charge >= 0.3 is 0 Å². The fraction of sp³-hybridized carbons (Fsp3) is 0.773. The Bertz CT molecular complexity index is 748. The van der Waals surface area contributed by atoms with Crippen molar-refractivity contribution in [3.05, 3.63) is 33.8 Å². The lowest BCUT2D eigenvalue weighted by Gasteiger charge is -2.50. The van der Waals surface area contributed by atoms with Gasteiger partial charge in [-0.2, -0.15) is 11.8 Å². The molecule has 2 atom stereocenters. The highest BCUT2D eigenvalue weighted by Crippen LogP contribution is 2.35. The monoisotopic (exact) mass is 467 g/mol. The van der Waals surface area contributed by atoms with Gasteiger partial charge in [-0.25, -0.2) is 0 Å². The van der Waals surface area contributed by atoms with Crippen molar-refractivity contribution in [1.82, 2.24) is 15.1 Å². The van der Waals surface area contributed by atoms with Crippen molar-refractivity contribution in [3.63, 3.8) is 0 Å². The number of nitrogens with one attached hydrogen (secondary N) is 1. The van der Waals surface area contributed by atoms with Gasteiger partial charge in [0.2, 0.25) is 0 Å². The van der Waals surface area contributed by atoms with E-state index in [-0.39, 0.29) is 17.6 Å². The summed E-state index contributed by atoms with van der Waals surface area (Å²) >= 11 is 1.74. The molecular weight excluding hydrogens is 430 g/mol. The van der Waals surface area contributed by atoms with Gasteiger partial charge in [0, 0.05) is 36.9 Å². The molecule has 2 unspecified atom stereocenters. The van der Waals surface area contributed by atoms with Gasteiger partial charge in [0.05, 0.1) is 18.4 Å². The lowest BCUT2D eigenvalue weighted by atomic mass is 9.79. The topological polar surface area (TPSA) is 96.4 Å². The average molecular weight is 468 g/mol. The first-order valence-corrected chi connectivity index (χ1v) is 12.6. The normalized spacial score (nSPS) is 25.4. The first-order valence-electron chi connectivity index (χ1n) is 11.4. The van der Waals surface area contributed by atoms with Crippen molar-refractivity contribution in [2.24, 2.45) is 10.9 Å². The van der Waals surface area contributed by atoms with Crippen LogP contribution < -0.4 is 5.32 Å². The fourth-order valence-corrected chi connectivity index (χ4v) is 5.50. The molecule has 0 radical (unpaired) electrons. The number of fused-ring (bicyclic) bond motifs is 3. The summed E-state index contributed by atoms with van der Waals surface area (Å²) in [6, 6.07) is 4.40. The zero-order valence-corrected chi connectivity index (χ0v) is 20.3. The van der Waals surface area contributed by atoms with Crippen LogP contribution in [0.4, 0.5) is 0 Å². The molecule has 1 N–H and O–H groups in total. The Labute approximate surface area is 195 Å². The van der Waals surface area contributed by atoms with Crippen LogP contribution in [0.2, 0.25) is 0 Å². The first-order chi connectivity index (χ1) is 15.5. The Balaban J connectivity index is 1.40. The molecule has 10 heteroatoms. The molecule has 0 aliphatic carbocycles. The maximum absolute atomic E-state index is 11.1. The Morgan fingerprint density at radius 3 is 2.81 bits per heavy atom. The standard InChI is InChI=1S/C22H37N5O4S/c1-25(2)14-18-4-5-19(31-18)16-32-13-10-24-21(15-27(28)29)23-9-6-20-22(30-3)17-7-11-26(20)12-8-17/h4-5,17,20,22H,6-16H2,1-3H3,(H,23,24). The van der Waals surface area contributed by atoms with E-state index >= 15 is 0 Å². The molecule has 3 aliphatic rings. The molecule has 0 amide bonds. The summed E-state index contributed by atoms with van der Waals surface area (Å²) in [6.45, 7) is 4.00. The molecule has 3 fully saturated rings. The van der Waals surface area contributed by atoms with Crippen LogP contribution in [0.1, 0.15) is 30.8 Å². The van der Waals surface area contributed by atoms with Crippen molar-refractivity contribution in [1.29, 1.82) is 0 Å². The van der Waals surface area contributed by atoms with Crippen LogP contribution in [0.15, 0.2) is 21.5 Å². The molecule has 3 aliphatic heterocycles. The number of hydrogen-bond acceptors (Lipinski definition) is 8. The summed E-state index contributed by atoms with van der Waals surface area (Å²) in [5, 5.41) is 14.2. The van der Waals surface area contributed by atoms with E-state index in [4.69, 9.17) is 9.15 Å². The average Bonchev–Trinajstić information content (AvgIpc) is 3.20. The van der Waals surface area contributed by atoms with Crippen LogP contribution in [-0.4, -0.2) is 92.4 Å². The van der Waals surface area contributed by atoms with E-state index in [0.29, 0.717) is 30.9 Å². The molecule has 9 nitrogen and oxygen atoms in total. The minimum atomic E-state index is -0.321. The summed E-state index contributed by atoms with van der Waals surface area (Å²) in [5.74, 6) is 4.63. The quantitative estimate of drug-likeness (QED) is 0.155. The number of amidine groups is 1. The van der Waals surface area contributed by atoms with Crippen LogP contribution >= 0.6 is 11.8 Å². The Morgan fingerprint density at radius 2 is 2.12 bits per heavy atom. The van der Waals surface area contributed by atoms with E-state index in [0.717, 1.165) is 49.1 Å². The molecule has 1 aromatic heterocycles. The van der Waals surface area contributed by atoms with Crippen molar-refractivity contribution in [2.75, 3.05) is 59.7 Å². The summed E-state index contributed by atoms with van der Waals surface area (Å²) in [4.78, 5) is 19.9. The van der Waals surface area contributed by atoms with E-state index in [2.05, 4.69) is 20.1 Å². The van der Waals surface area contributed by atoms with Crippen LogP contribution in [0.5, 0.6) is 0 Å². The minimum Gasteiger partial charge on any atom is -0.464 e. The number of nitro groups is 1. The fourth-order valence-electron chi connectivity index (χ4n) is 4.75. The van der Waals surface area contributed by atoms with Crippen LogP contribution in [-0.2, 0) is 17.0 Å². The summed E-state index contributed by atoms with van der Waals surface area (Å²) < 4.78 is 11.6. The van der Waals surface area contributed by atoms with E-state index in [1.807, 2.05) is 26.2 Å². The zero-order chi connectivity index (χ0) is 22.9. The number of piperidine rings is 3. The Kier molecular flexibility index (Phi) is 9.83. The highest BCUT2D eigenvalue weighted by Gasteiger charge is 2.41. The smallest absolute Gasteiger partial charge is 0.259 e. The van der Waals surface area contributed by atoms with Gasteiger partial charge in [0.25, 0.3) is 6.54 Å². The number of nitrogens with zero attached hydrogens (tertiary/aromatic N) is 4. The highest BCUT2D eigenvalue weighted by molar-refractivity contribution is 7.98. The molecule has 3 saturated heterocycles. The SMILES string of the molecule is COC1C2CCN(CC2)C1CCN=C(C[N+](=O)[O-])NCCSCc1ccc(CN(C)C)o1. The van der Waals surface area contributed by atoms with E-state index in [1.54, 1.807) is 18.9 Å². The number of aliphatic imine (C=N–C) groups is 1. The highest BCUT2D eigenvalue weighted by atomic mass is 32.2. The van der Waals surface area contributed by atoms with Crippen molar-refractivity contribution in [3.8, 4) is 0 Å². The Morgan fingerprint density at radius 1 is 1.38 bits per heavy atom. The molecule has 0 saturated carbocycles. The Hall–Kier alpha value is -1.62. The lowest BCUT2D eigenvalue weighted by Crippen LogP contribution is -2.58. The van der Waals surface area contributed by atoms with Gasteiger partial charge in [-0.1, -0.05) is 0 Å². The zero-order valence-electron chi connectivity index (χ0n) is 19.5. The summed E-state index contributed by atoms with van der Waals surface area (Å²) in [5.41, 5.74) is 0. The summed E-state index contributed by atoms with van der Waals surface area (Å²) in [6.07, 6.45) is 3.55. The molecule has 2 bridgehead atoms. The van der Waals surface area contributed by atoms with Gasteiger partial charge in [-0.15, -0.1) is 0 Å². The molecular formula is C22H37N5O4S. The molecule has 180 valence electrons. The molecule has 4 rings (SSSR count). The molecule has 4 heterocycles. The third-order valence-electron chi connectivity index (χ3n) is 6.17. The molecule has 1 aromatic rings. The van der Waals surface area contributed by atoms with E-state index in [9.17, 15) is 10.1 Å². The number of rotatable bonds is 13. The predicted molar refractivity (Wildman–Crippen MR) is 128 cm³/mol. The number of furan rings is 1. The van der Waals surface area contributed by atoms with Crippen molar-refractivity contribution < 1.29 is 14.1 Å². The lowest BCUT2D eigenvalue weighted by molar-refractivity contribution is -0.463. The number of thioether (sulfide) groups is 1. The second-order valence-electron chi connectivity index (χ2n) is 8.83. The minimum absolute atomic E-state index is 0.260. The van der Waals surface area contributed by atoms with Gasteiger partial charge in [0.1, 0.15) is 11.5 Å². The van der Waals surface area contributed by atoms with E-state index in [1.165, 1.54) is 12.8 Å². The third kappa shape index (κ3) is 7.47. The predicted octanol–water partition coefficient (Wildman–Crippen LogP) is 2.34. The van der Waals surface area contributed by atoms with Crippen LogP contribution in [0.25, 0.3) is 0 Å².